The van der Waals surface area contributed by atoms with Crippen LogP contribution in [-0.2, 0) is 0 Å². The quantitative estimate of drug-likeness (QED) is 0.660. The fourth-order valence-corrected chi connectivity index (χ4v) is 2.08. The van der Waals surface area contributed by atoms with Gasteiger partial charge in [0.25, 0.3) is 0 Å². The normalized spacial score (nSPS) is 10.1. The Labute approximate surface area is 99.9 Å². The number of hydrogen-bond donors (Lipinski definition) is 1. The minimum absolute atomic E-state index is 0.616. The maximum absolute atomic E-state index is 8.11. The van der Waals surface area contributed by atoms with Gasteiger partial charge in [0.2, 0.25) is 0 Å². The molecule has 1 aromatic rings. The van der Waals surface area contributed by atoms with E-state index in [9.17, 15) is 0 Å². The number of nitrogens with zero attached hydrogens (tertiary/aromatic N) is 1. The molecule has 0 saturated carbocycles. The van der Waals surface area contributed by atoms with Gasteiger partial charge in [0.05, 0.1) is 0 Å². The van der Waals surface area contributed by atoms with Gasteiger partial charge in [-0.25, -0.2) is 0 Å². The van der Waals surface area contributed by atoms with Crippen LogP contribution in [0.1, 0.15) is 25.0 Å². The van der Waals surface area contributed by atoms with Crippen molar-refractivity contribution in [2.75, 3.05) is 13.1 Å². The van der Waals surface area contributed by atoms with Gasteiger partial charge in [-0.15, -0.1) is 0 Å². The number of benzene rings is 1. The molecule has 0 aliphatic carbocycles. The van der Waals surface area contributed by atoms with Gasteiger partial charge < -0.3 is 4.90 Å². The van der Waals surface area contributed by atoms with Crippen LogP contribution in [0.5, 0.6) is 0 Å². The standard InChI is InChI=1S/C12H17BrN2/c1-4-15(5-2)12(14)11-7-6-10(13)8-9(11)3/h6-8,14H,4-5H2,1-3H3. The Morgan fingerprint density at radius 2 is 1.93 bits per heavy atom. The number of rotatable bonds is 3. The van der Waals surface area contributed by atoms with Crippen LogP contribution in [0.4, 0.5) is 0 Å². The first-order valence-corrected chi connectivity index (χ1v) is 5.99. The molecule has 0 unspecified atom stereocenters. The lowest BCUT2D eigenvalue weighted by atomic mass is 10.1. The maximum Gasteiger partial charge on any atom is 0.128 e. The lowest BCUT2D eigenvalue weighted by molar-refractivity contribution is 0.463. The zero-order valence-electron chi connectivity index (χ0n) is 9.47. The van der Waals surface area contributed by atoms with Crippen LogP contribution >= 0.6 is 15.9 Å². The van der Waals surface area contributed by atoms with E-state index in [0.29, 0.717) is 5.84 Å². The van der Waals surface area contributed by atoms with Gasteiger partial charge in [-0.1, -0.05) is 15.9 Å². The van der Waals surface area contributed by atoms with E-state index >= 15 is 0 Å². The van der Waals surface area contributed by atoms with Crippen molar-refractivity contribution in [3.05, 3.63) is 33.8 Å². The van der Waals surface area contributed by atoms with Crippen molar-refractivity contribution in [1.29, 1.82) is 5.41 Å². The highest BCUT2D eigenvalue weighted by Gasteiger charge is 2.10. The van der Waals surface area contributed by atoms with Gasteiger partial charge in [-0.2, -0.15) is 0 Å². The Bertz CT molecular complexity index is 357. The molecule has 0 aliphatic heterocycles. The molecule has 15 heavy (non-hydrogen) atoms. The summed E-state index contributed by atoms with van der Waals surface area (Å²) < 4.78 is 1.07. The van der Waals surface area contributed by atoms with Crippen molar-refractivity contribution in [1.82, 2.24) is 4.90 Å². The molecule has 0 aromatic heterocycles. The molecule has 3 heteroatoms. The number of amidine groups is 1. The largest absolute Gasteiger partial charge is 0.357 e. The molecule has 0 bridgehead atoms. The summed E-state index contributed by atoms with van der Waals surface area (Å²) in [6, 6.07) is 6.04. The summed E-state index contributed by atoms with van der Waals surface area (Å²) in [5, 5.41) is 8.11. The zero-order chi connectivity index (χ0) is 11.4. The van der Waals surface area contributed by atoms with E-state index in [1.54, 1.807) is 0 Å². The molecule has 0 radical (unpaired) electrons. The fraction of sp³-hybridized carbons (Fsp3) is 0.417. The second-order valence-electron chi connectivity index (χ2n) is 3.48. The summed E-state index contributed by atoms with van der Waals surface area (Å²) in [4.78, 5) is 2.05. The summed E-state index contributed by atoms with van der Waals surface area (Å²) >= 11 is 3.43. The molecule has 0 spiro atoms. The van der Waals surface area contributed by atoms with E-state index in [4.69, 9.17) is 5.41 Å². The van der Waals surface area contributed by atoms with E-state index in [-0.39, 0.29) is 0 Å². The SMILES string of the molecule is CCN(CC)C(=N)c1ccc(Br)cc1C. The summed E-state index contributed by atoms with van der Waals surface area (Å²) in [6.07, 6.45) is 0. The molecular weight excluding hydrogens is 252 g/mol. The molecular formula is C12H17BrN2. The molecule has 0 amide bonds. The third-order valence-electron chi connectivity index (χ3n) is 2.52. The first kappa shape index (κ1) is 12.2. The number of aryl methyl sites for hydroxylation is 1. The third kappa shape index (κ3) is 2.81. The van der Waals surface area contributed by atoms with Crippen LogP contribution in [0.25, 0.3) is 0 Å². The summed E-state index contributed by atoms with van der Waals surface area (Å²) in [6.45, 7) is 7.95. The summed E-state index contributed by atoms with van der Waals surface area (Å²) in [5.74, 6) is 0.616. The lowest BCUT2D eigenvalue weighted by Crippen LogP contribution is -2.30. The average Bonchev–Trinajstić information content (AvgIpc) is 2.19. The second-order valence-corrected chi connectivity index (χ2v) is 4.40. The van der Waals surface area contributed by atoms with Crippen molar-refractivity contribution in [2.45, 2.75) is 20.8 Å². The molecule has 1 N–H and O–H groups in total. The van der Waals surface area contributed by atoms with Crippen LogP contribution in [0.2, 0.25) is 0 Å². The number of nitrogens with one attached hydrogen (secondary N) is 1. The van der Waals surface area contributed by atoms with Crippen LogP contribution in [-0.4, -0.2) is 23.8 Å². The first-order chi connectivity index (χ1) is 7.10. The second kappa shape index (κ2) is 5.31. The van der Waals surface area contributed by atoms with Gasteiger partial charge in [-0.05, 0) is 44.5 Å². The summed E-state index contributed by atoms with van der Waals surface area (Å²) in [7, 11) is 0. The molecule has 0 aliphatic rings. The highest BCUT2D eigenvalue weighted by molar-refractivity contribution is 9.10. The van der Waals surface area contributed by atoms with E-state index in [2.05, 4.69) is 34.7 Å². The fourth-order valence-electron chi connectivity index (χ4n) is 1.60. The van der Waals surface area contributed by atoms with Crippen LogP contribution in [0.3, 0.4) is 0 Å². The van der Waals surface area contributed by atoms with E-state index in [1.165, 1.54) is 0 Å². The van der Waals surface area contributed by atoms with Crippen LogP contribution in [0.15, 0.2) is 22.7 Å². The Morgan fingerprint density at radius 1 is 1.33 bits per heavy atom. The summed E-state index contributed by atoms with van der Waals surface area (Å²) in [5.41, 5.74) is 2.16. The Hall–Kier alpha value is -0.830. The first-order valence-electron chi connectivity index (χ1n) is 5.20. The minimum Gasteiger partial charge on any atom is -0.357 e. The molecule has 0 heterocycles. The molecule has 1 rings (SSSR count). The third-order valence-corrected chi connectivity index (χ3v) is 3.02. The van der Waals surface area contributed by atoms with Crippen molar-refractivity contribution >= 4 is 21.8 Å². The molecule has 82 valence electrons. The van der Waals surface area contributed by atoms with Crippen LogP contribution < -0.4 is 0 Å². The molecule has 1 aromatic carbocycles. The van der Waals surface area contributed by atoms with Crippen LogP contribution in [0, 0.1) is 12.3 Å². The topological polar surface area (TPSA) is 27.1 Å². The predicted octanol–water partition coefficient (Wildman–Crippen LogP) is 3.42. The smallest absolute Gasteiger partial charge is 0.128 e. The molecule has 0 saturated heterocycles. The average molecular weight is 269 g/mol. The Balaban J connectivity index is 3.00. The van der Waals surface area contributed by atoms with Gasteiger partial charge in [-0.3, -0.25) is 5.41 Å². The van der Waals surface area contributed by atoms with Gasteiger partial charge in [0.15, 0.2) is 0 Å². The highest BCUT2D eigenvalue weighted by atomic mass is 79.9. The van der Waals surface area contributed by atoms with Gasteiger partial charge in [0, 0.05) is 23.1 Å². The lowest BCUT2D eigenvalue weighted by Gasteiger charge is -2.22. The van der Waals surface area contributed by atoms with Crippen molar-refractivity contribution < 1.29 is 0 Å². The maximum atomic E-state index is 8.11. The highest BCUT2D eigenvalue weighted by Crippen LogP contribution is 2.17. The number of hydrogen-bond acceptors (Lipinski definition) is 1. The molecule has 0 fully saturated rings. The Kier molecular flexibility index (Phi) is 4.33. The van der Waals surface area contributed by atoms with Gasteiger partial charge in [0.1, 0.15) is 5.84 Å². The molecule has 2 nitrogen and oxygen atoms in total. The van der Waals surface area contributed by atoms with E-state index in [0.717, 1.165) is 28.7 Å². The monoisotopic (exact) mass is 268 g/mol. The van der Waals surface area contributed by atoms with Gasteiger partial charge >= 0.3 is 0 Å². The predicted molar refractivity (Wildman–Crippen MR) is 68.6 cm³/mol. The minimum atomic E-state index is 0.616. The van der Waals surface area contributed by atoms with Crippen molar-refractivity contribution in [3.8, 4) is 0 Å². The van der Waals surface area contributed by atoms with Crippen molar-refractivity contribution in [2.24, 2.45) is 0 Å². The number of halogens is 1. The Morgan fingerprint density at radius 3 is 2.40 bits per heavy atom. The zero-order valence-corrected chi connectivity index (χ0v) is 11.1. The van der Waals surface area contributed by atoms with E-state index < -0.39 is 0 Å². The van der Waals surface area contributed by atoms with E-state index in [1.807, 2.05) is 25.1 Å². The van der Waals surface area contributed by atoms with Crippen molar-refractivity contribution in [3.63, 3.8) is 0 Å². The molecule has 0 atom stereocenters.